The number of hydrogen-bond acceptors (Lipinski definition) is 2. The van der Waals surface area contributed by atoms with Gasteiger partial charge in [0.25, 0.3) is 0 Å². The molecule has 0 bridgehead atoms. The van der Waals surface area contributed by atoms with Gasteiger partial charge in [0.1, 0.15) is 0 Å². The number of benzene rings is 5. The molecule has 0 unspecified atom stereocenters. The van der Waals surface area contributed by atoms with Crippen LogP contribution in [0, 0.1) is 41.5 Å². The third-order valence-corrected chi connectivity index (χ3v) is 6.95. The van der Waals surface area contributed by atoms with Gasteiger partial charge in [0.05, 0.1) is 11.1 Å². The topological polar surface area (TPSA) is 74.6 Å². The van der Waals surface area contributed by atoms with Gasteiger partial charge in [-0.1, -0.05) is 12.1 Å². The molecule has 0 fully saturated rings. The fraction of sp³-hybridized carbons (Fsp3) is 0.214. The van der Waals surface area contributed by atoms with Crippen LogP contribution in [-0.4, -0.2) is 22.2 Å². The molecule has 5 rings (SSSR count). The molecule has 5 aromatic rings. The van der Waals surface area contributed by atoms with Crippen molar-refractivity contribution in [1.82, 2.24) is 0 Å². The molecule has 5 aromatic carbocycles. The molecule has 0 saturated carbocycles. The molecule has 0 aromatic heterocycles. The number of aromatic carboxylic acids is 2. The molecular formula is C28H24O4. The largest absolute Gasteiger partial charge is 0.478 e. The number of rotatable bonds is 2. The minimum absolute atomic E-state index is 0.0362. The monoisotopic (exact) mass is 424 g/mol. The number of hydrogen-bond donors (Lipinski definition) is 2. The highest BCUT2D eigenvalue weighted by molar-refractivity contribution is 6.38. The Morgan fingerprint density at radius 1 is 0.438 bits per heavy atom. The summed E-state index contributed by atoms with van der Waals surface area (Å²) in [6, 6.07) is 7.62. The van der Waals surface area contributed by atoms with Gasteiger partial charge in [-0.05, 0) is 125 Å². The fourth-order valence-corrected chi connectivity index (χ4v) is 5.94. The molecule has 2 N–H and O–H groups in total. The van der Waals surface area contributed by atoms with Gasteiger partial charge in [-0.25, -0.2) is 9.59 Å². The van der Waals surface area contributed by atoms with Gasteiger partial charge in [-0.2, -0.15) is 0 Å². The first-order valence-corrected chi connectivity index (χ1v) is 10.7. The number of aryl methyl sites for hydroxylation is 6. The van der Waals surface area contributed by atoms with E-state index in [4.69, 9.17) is 0 Å². The number of fused-ring (bicyclic) bond motifs is 2. The molecule has 4 heteroatoms. The van der Waals surface area contributed by atoms with Crippen molar-refractivity contribution in [2.45, 2.75) is 41.5 Å². The van der Waals surface area contributed by atoms with Crippen LogP contribution in [-0.2, 0) is 0 Å². The number of carboxylic acid groups (broad SMARTS) is 2. The van der Waals surface area contributed by atoms with Gasteiger partial charge < -0.3 is 10.2 Å². The van der Waals surface area contributed by atoms with Gasteiger partial charge >= 0.3 is 11.9 Å². The lowest BCUT2D eigenvalue weighted by atomic mass is 9.79. The average molecular weight is 424 g/mol. The van der Waals surface area contributed by atoms with Crippen molar-refractivity contribution in [2.75, 3.05) is 0 Å². The van der Waals surface area contributed by atoms with Crippen LogP contribution in [0.5, 0.6) is 0 Å². The lowest BCUT2D eigenvalue weighted by molar-refractivity contribution is 0.0695. The predicted octanol–water partition coefficient (Wildman–Crippen LogP) is 6.98. The fourth-order valence-electron chi connectivity index (χ4n) is 5.94. The molecule has 4 nitrogen and oxygen atoms in total. The highest BCUT2D eigenvalue weighted by atomic mass is 16.4. The first-order valence-electron chi connectivity index (χ1n) is 10.7. The quantitative estimate of drug-likeness (QED) is 0.237. The zero-order chi connectivity index (χ0) is 23.2. The second kappa shape index (κ2) is 6.42. The van der Waals surface area contributed by atoms with Gasteiger partial charge in [0.2, 0.25) is 0 Å². The zero-order valence-electron chi connectivity index (χ0n) is 19.0. The van der Waals surface area contributed by atoms with Crippen LogP contribution < -0.4 is 0 Å². The molecule has 0 radical (unpaired) electrons. The Balaban J connectivity index is 2.34. The predicted molar refractivity (Wildman–Crippen MR) is 130 cm³/mol. The maximum absolute atomic E-state index is 12.2. The van der Waals surface area contributed by atoms with Crippen LogP contribution in [0.15, 0.2) is 24.3 Å². The van der Waals surface area contributed by atoms with E-state index in [1.54, 1.807) is 12.1 Å². The molecule has 0 saturated heterocycles. The third kappa shape index (κ3) is 2.38. The van der Waals surface area contributed by atoms with Gasteiger partial charge in [-0.3, -0.25) is 0 Å². The molecule has 160 valence electrons. The van der Waals surface area contributed by atoms with E-state index in [-0.39, 0.29) is 11.1 Å². The molecular weight excluding hydrogens is 400 g/mol. The molecule has 0 aliphatic carbocycles. The van der Waals surface area contributed by atoms with Crippen LogP contribution in [0.4, 0.5) is 0 Å². The number of carbonyl (C=O) groups is 2. The van der Waals surface area contributed by atoms with Crippen molar-refractivity contribution in [3.8, 4) is 0 Å². The maximum atomic E-state index is 12.2. The summed E-state index contributed by atoms with van der Waals surface area (Å²) >= 11 is 0. The van der Waals surface area contributed by atoms with Crippen LogP contribution in [0.2, 0.25) is 0 Å². The lowest BCUT2D eigenvalue weighted by Gasteiger charge is -2.24. The van der Waals surface area contributed by atoms with Crippen molar-refractivity contribution >= 4 is 55.0 Å². The maximum Gasteiger partial charge on any atom is 0.336 e. The van der Waals surface area contributed by atoms with Gasteiger partial charge in [0.15, 0.2) is 0 Å². The van der Waals surface area contributed by atoms with E-state index in [0.29, 0.717) is 5.39 Å². The minimum atomic E-state index is -1.12. The summed E-state index contributed by atoms with van der Waals surface area (Å²) in [6.07, 6.45) is 0. The van der Waals surface area contributed by atoms with Crippen molar-refractivity contribution in [1.29, 1.82) is 0 Å². The molecule has 0 heterocycles. The summed E-state index contributed by atoms with van der Waals surface area (Å²) in [7, 11) is 0. The van der Waals surface area contributed by atoms with Crippen LogP contribution in [0.25, 0.3) is 43.1 Å². The molecule has 0 atom stereocenters. The van der Waals surface area contributed by atoms with Crippen LogP contribution >= 0.6 is 0 Å². The summed E-state index contributed by atoms with van der Waals surface area (Å²) in [5, 5.41) is 27.5. The van der Waals surface area contributed by atoms with E-state index in [2.05, 4.69) is 39.8 Å². The Morgan fingerprint density at radius 2 is 0.719 bits per heavy atom. The van der Waals surface area contributed by atoms with Gasteiger partial charge in [-0.15, -0.1) is 0 Å². The van der Waals surface area contributed by atoms with Crippen molar-refractivity contribution < 1.29 is 19.8 Å². The van der Waals surface area contributed by atoms with E-state index in [0.717, 1.165) is 49.2 Å². The molecule has 0 spiro atoms. The Labute approximate surface area is 185 Å². The van der Waals surface area contributed by atoms with Crippen LogP contribution in [0.1, 0.15) is 54.1 Å². The molecule has 0 aliphatic rings. The minimum Gasteiger partial charge on any atom is -0.478 e. The molecule has 0 aliphatic heterocycles. The van der Waals surface area contributed by atoms with Crippen molar-refractivity contribution in [2.24, 2.45) is 0 Å². The highest BCUT2D eigenvalue weighted by Crippen LogP contribution is 2.48. The van der Waals surface area contributed by atoms with E-state index in [9.17, 15) is 19.8 Å². The summed E-state index contributed by atoms with van der Waals surface area (Å²) in [5.41, 5.74) is 6.39. The normalized spacial score (nSPS) is 11.9. The Kier molecular flexibility index (Phi) is 4.07. The average Bonchev–Trinajstić information content (AvgIpc) is 2.69. The van der Waals surface area contributed by atoms with E-state index >= 15 is 0 Å². The second-order valence-electron chi connectivity index (χ2n) is 9.11. The zero-order valence-corrected chi connectivity index (χ0v) is 19.0. The Morgan fingerprint density at radius 3 is 1.06 bits per heavy atom. The summed E-state index contributed by atoms with van der Waals surface area (Å²) in [5.74, 6) is -2.23. The van der Waals surface area contributed by atoms with E-state index in [1.165, 1.54) is 21.9 Å². The summed E-state index contributed by atoms with van der Waals surface area (Å²) in [6.45, 7) is 12.3. The van der Waals surface area contributed by atoms with Crippen molar-refractivity contribution in [3.05, 3.63) is 68.8 Å². The Bertz CT molecular complexity index is 1560. The standard InChI is InChI=1S/C28H24O4/c1-11-7-13(3)20-22-15(5)9-17(27(29)30)24-18(28(31)32)10-16(6)23(26(22)24)21-14(4)8-12(2)19(11)25(20)21/h7-10H,1-6H3,(H,29,30)(H,31,32). The number of carboxylic acids is 2. The lowest BCUT2D eigenvalue weighted by Crippen LogP contribution is -2.08. The Hall–Kier alpha value is -3.66. The first-order chi connectivity index (χ1) is 15.0. The van der Waals surface area contributed by atoms with Crippen LogP contribution in [0.3, 0.4) is 0 Å². The highest BCUT2D eigenvalue weighted by Gasteiger charge is 2.26. The first kappa shape index (κ1) is 20.3. The van der Waals surface area contributed by atoms with Gasteiger partial charge in [0, 0.05) is 5.39 Å². The second-order valence-corrected chi connectivity index (χ2v) is 9.11. The SMILES string of the molecule is Cc1cc(C)c2c3c(C)cc(C(=O)O)c4c(C(=O)O)cc(C)c(c5c(C)cc(C)c1c25)c43. The summed E-state index contributed by atoms with van der Waals surface area (Å²) in [4.78, 5) is 24.4. The van der Waals surface area contributed by atoms with E-state index in [1.807, 2.05) is 13.8 Å². The smallest absolute Gasteiger partial charge is 0.336 e. The molecule has 0 amide bonds. The summed E-state index contributed by atoms with van der Waals surface area (Å²) < 4.78 is 0. The molecule has 32 heavy (non-hydrogen) atoms. The third-order valence-electron chi connectivity index (χ3n) is 6.95. The van der Waals surface area contributed by atoms with Crippen molar-refractivity contribution in [3.63, 3.8) is 0 Å². The van der Waals surface area contributed by atoms with E-state index < -0.39 is 11.9 Å².